The first-order valence-electron chi connectivity index (χ1n) is 11.2. The van der Waals surface area contributed by atoms with Crippen molar-refractivity contribution in [2.75, 3.05) is 18.6 Å². The lowest BCUT2D eigenvalue weighted by Gasteiger charge is -2.30. The number of ether oxygens (including phenoxy) is 1. The molecule has 3 aromatic rings. The number of amides is 1. The first-order chi connectivity index (χ1) is 16.9. The van der Waals surface area contributed by atoms with E-state index in [2.05, 4.69) is 0 Å². The molecular weight excluding hydrogens is 517 g/mol. The molecule has 1 fully saturated rings. The van der Waals surface area contributed by atoms with Crippen molar-refractivity contribution in [1.29, 1.82) is 0 Å². The maximum absolute atomic E-state index is 14.1. The Bertz CT molecular complexity index is 1330. The van der Waals surface area contributed by atoms with Crippen LogP contribution in [0.4, 0.5) is 18.0 Å². The van der Waals surface area contributed by atoms with Gasteiger partial charge in [0.05, 0.1) is 18.1 Å². The highest BCUT2D eigenvalue weighted by molar-refractivity contribution is 7.91. The maximum Gasteiger partial charge on any atom is 0.431 e. The zero-order valence-electron chi connectivity index (χ0n) is 19.3. The molecule has 1 amide bonds. The minimum Gasteiger partial charge on any atom is -0.392 e. The van der Waals surface area contributed by atoms with Crippen molar-refractivity contribution in [3.63, 3.8) is 0 Å². The van der Waals surface area contributed by atoms with Gasteiger partial charge in [-0.1, -0.05) is 54.1 Å². The fraction of sp³-hybridized carbons (Fsp3) is 0.320. The molecule has 0 unspecified atom stereocenters. The molecule has 1 aliphatic rings. The average molecular weight is 541 g/mol. The zero-order valence-corrected chi connectivity index (χ0v) is 20.9. The van der Waals surface area contributed by atoms with Crippen molar-refractivity contribution in [2.45, 2.75) is 31.6 Å². The van der Waals surface area contributed by atoms with Gasteiger partial charge in [0.2, 0.25) is 5.88 Å². The number of hydrogen-bond donors (Lipinski definition) is 0. The van der Waals surface area contributed by atoms with Crippen LogP contribution in [0.1, 0.15) is 24.1 Å². The summed E-state index contributed by atoms with van der Waals surface area (Å²) >= 11 is 5.97. The van der Waals surface area contributed by atoms with E-state index in [9.17, 15) is 26.4 Å². The molecular formula is C25H24ClF3N2O4S. The summed E-state index contributed by atoms with van der Waals surface area (Å²) in [6.07, 6.45) is -5.12. The third kappa shape index (κ3) is 5.87. The third-order valence-corrected chi connectivity index (χ3v) is 8.19. The summed E-state index contributed by atoms with van der Waals surface area (Å²) in [5, 5.41) is 0.407. The van der Waals surface area contributed by atoms with Crippen LogP contribution in [0.2, 0.25) is 5.02 Å². The quantitative estimate of drug-likeness (QED) is 0.405. The van der Waals surface area contributed by atoms with Crippen LogP contribution in [-0.2, 0) is 22.6 Å². The molecule has 4 rings (SSSR count). The number of halogens is 4. The molecule has 2 aromatic carbocycles. The summed E-state index contributed by atoms with van der Waals surface area (Å²) in [7, 11) is -1.69. The Hall–Kier alpha value is -2.98. The van der Waals surface area contributed by atoms with Crippen molar-refractivity contribution in [3.05, 3.63) is 76.9 Å². The highest BCUT2D eigenvalue weighted by Gasteiger charge is 2.39. The summed E-state index contributed by atoms with van der Waals surface area (Å²) in [5.41, 5.74) is 0.101. The van der Waals surface area contributed by atoms with E-state index >= 15 is 0 Å². The van der Waals surface area contributed by atoms with Crippen LogP contribution in [0.15, 0.2) is 60.7 Å². The molecule has 1 saturated heterocycles. The minimum atomic E-state index is -4.72. The molecule has 1 aliphatic heterocycles. The van der Waals surface area contributed by atoms with E-state index in [-0.39, 0.29) is 42.3 Å². The molecule has 0 spiro atoms. The molecule has 36 heavy (non-hydrogen) atoms. The zero-order chi connectivity index (χ0) is 26.1. The van der Waals surface area contributed by atoms with E-state index in [0.717, 1.165) is 10.6 Å². The monoisotopic (exact) mass is 540 g/mol. The second-order valence-corrected chi connectivity index (χ2v) is 11.4. The summed E-state index contributed by atoms with van der Waals surface area (Å²) in [6, 6.07) is 15.3. The lowest BCUT2D eigenvalue weighted by Crippen LogP contribution is -2.43. The van der Waals surface area contributed by atoms with E-state index in [4.69, 9.17) is 16.3 Å². The fourth-order valence-electron chi connectivity index (χ4n) is 4.20. The van der Waals surface area contributed by atoms with E-state index in [1.54, 1.807) is 54.6 Å². The molecule has 0 radical (unpaired) electrons. The molecule has 11 heteroatoms. The molecule has 0 saturated carbocycles. The smallest absolute Gasteiger partial charge is 0.392 e. The van der Waals surface area contributed by atoms with Crippen molar-refractivity contribution >= 4 is 27.5 Å². The van der Waals surface area contributed by atoms with Gasteiger partial charge in [0, 0.05) is 23.7 Å². The van der Waals surface area contributed by atoms with Gasteiger partial charge < -0.3 is 14.2 Å². The van der Waals surface area contributed by atoms with Crippen molar-refractivity contribution in [2.24, 2.45) is 0 Å². The van der Waals surface area contributed by atoms with Crippen LogP contribution in [0.25, 0.3) is 11.1 Å². The van der Waals surface area contributed by atoms with Crippen LogP contribution in [0, 0.1) is 0 Å². The van der Waals surface area contributed by atoms with Gasteiger partial charge in [-0.3, -0.25) is 0 Å². The van der Waals surface area contributed by atoms with Gasteiger partial charge >= 0.3 is 12.3 Å². The predicted molar refractivity (Wildman–Crippen MR) is 131 cm³/mol. The Kier molecular flexibility index (Phi) is 7.38. The van der Waals surface area contributed by atoms with Gasteiger partial charge in [0.1, 0.15) is 15.5 Å². The van der Waals surface area contributed by atoms with Gasteiger partial charge in [-0.25, -0.2) is 13.2 Å². The molecule has 1 aromatic heterocycles. The van der Waals surface area contributed by atoms with Crippen LogP contribution in [-0.4, -0.2) is 48.6 Å². The van der Waals surface area contributed by atoms with Crippen molar-refractivity contribution in [3.8, 4) is 17.0 Å². The Morgan fingerprint density at radius 1 is 1.08 bits per heavy atom. The Morgan fingerprint density at radius 3 is 2.28 bits per heavy atom. The second-order valence-electron chi connectivity index (χ2n) is 8.69. The van der Waals surface area contributed by atoms with E-state index in [1.165, 1.54) is 11.9 Å². The number of rotatable bonds is 5. The first-order valence-corrected chi connectivity index (χ1v) is 13.4. The molecule has 0 N–H and O–H groups in total. The van der Waals surface area contributed by atoms with Crippen LogP contribution >= 0.6 is 11.6 Å². The standard InChI is InChI=1S/C25H24ClF3N2O4S/c1-30(20-11-13-36(33,34)14-12-20)24(32)35-23-21(18-7-9-19(26)10-8-18)15-22(25(27,28)29)31(23)16-17-5-3-2-4-6-17/h2-10,15,20H,11-14,16H2,1H3. The Balaban J connectivity index is 1.76. The number of sulfone groups is 1. The average Bonchev–Trinajstić information content (AvgIpc) is 3.18. The van der Waals surface area contributed by atoms with Gasteiger partial charge in [0.25, 0.3) is 0 Å². The molecule has 0 bridgehead atoms. The number of benzene rings is 2. The highest BCUT2D eigenvalue weighted by Crippen LogP contribution is 2.41. The lowest BCUT2D eigenvalue weighted by molar-refractivity contribution is -0.143. The largest absolute Gasteiger partial charge is 0.431 e. The minimum absolute atomic E-state index is 0.0616. The molecule has 192 valence electrons. The first kappa shape index (κ1) is 26.1. The van der Waals surface area contributed by atoms with Crippen LogP contribution in [0.3, 0.4) is 0 Å². The fourth-order valence-corrected chi connectivity index (χ4v) is 5.80. The van der Waals surface area contributed by atoms with E-state index < -0.39 is 33.8 Å². The number of nitrogens with zero attached hydrogens (tertiary/aromatic N) is 2. The lowest BCUT2D eigenvalue weighted by atomic mass is 10.1. The van der Waals surface area contributed by atoms with Crippen LogP contribution < -0.4 is 4.74 Å². The number of carbonyl (C=O) groups is 1. The van der Waals surface area contributed by atoms with Gasteiger partial charge in [0.15, 0.2) is 0 Å². The summed E-state index contributed by atoms with van der Waals surface area (Å²) in [6.45, 7) is -0.183. The van der Waals surface area contributed by atoms with E-state index in [0.29, 0.717) is 16.1 Å². The second kappa shape index (κ2) is 10.2. The Labute approximate surface area is 212 Å². The number of alkyl halides is 3. The van der Waals surface area contributed by atoms with Crippen LogP contribution in [0.5, 0.6) is 5.88 Å². The summed E-state index contributed by atoms with van der Waals surface area (Å²) in [4.78, 5) is 14.4. The van der Waals surface area contributed by atoms with Crippen molar-refractivity contribution in [1.82, 2.24) is 9.47 Å². The molecule has 2 heterocycles. The third-order valence-electron chi connectivity index (χ3n) is 6.22. The Morgan fingerprint density at radius 2 is 1.69 bits per heavy atom. The number of aromatic nitrogens is 1. The molecule has 0 aliphatic carbocycles. The molecule has 0 atom stereocenters. The summed E-state index contributed by atoms with van der Waals surface area (Å²) < 4.78 is 72.5. The SMILES string of the molecule is CN(C(=O)Oc1c(-c2ccc(Cl)cc2)cc(C(F)(F)F)n1Cc1ccccc1)C1CCS(=O)(=O)CC1. The number of carbonyl (C=O) groups excluding carboxylic acids is 1. The van der Waals surface area contributed by atoms with Crippen molar-refractivity contribution < 1.29 is 31.1 Å². The molecule has 6 nitrogen and oxygen atoms in total. The van der Waals surface area contributed by atoms with Gasteiger partial charge in [-0.05, 0) is 42.2 Å². The predicted octanol–water partition coefficient (Wildman–Crippen LogP) is 5.88. The van der Waals surface area contributed by atoms with E-state index in [1.807, 2.05) is 0 Å². The maximum atomic E-state index is 14.1. The normalized spacial score (nSPS) is 16.0. The highest BCUT2D eigenvalue weighted by atomic mass is 35.5. The topological polar surface area (TPSA) is 68.6 Å². The van der Waals surface area contributed by atoms with Gasteiger partial charge in [-0.15, -0.1) is 0 Å². The summed E-state index contributed by atoms with van der Waals surface area (Å²) in [5.74, 6) is -0.379. The van der Waals surface area contributed by atoms with Gasteiger partial charge in [-0.2, -0.15) is 13.2 Å². The number of hydrogen-bond acceptors (Lipinski definition) is 4.